The lowest BCUT2D eigenvalue weighted by molar-refractivity contribution is 0.579. The molecule has 27 heavy (non-hydrogen) atoms. The van der Waals surface area contributed by atoms with Gasteiger partial charge in [0.1, 0.15) is 15.6 Å². The third-order valence-corrected chi connectivity index (χ3v) is 7.70. The first kappa shape index (κ1) is 18.0. The zero-order chi connectivity index (χ0) is 19.0. The van der Waals surface area contributed by atoms with Crippen molar-refractivity contribution in [3.8, 4) is 11.3 Å². The average Bonchev–Trinajstić information content (AvgIpc) is 3.35. The van der Waals surface area contributed by atoms with E-state index in [0.717, 1.165) is 39.3 Å². The van der Waals surface area contributed by atoms with E-state index in [0.29, 0.717) is 11.3 Å². The minimum Gasteiger partial charge on any atom is -0.461 e. The van der Waals surface area contributed by atoms with Gasteiger partial charge in [-0.05, 0) is 24.4 Å². The molecule has 0 fully saturated rings. The summed E-state index contributed by atoms with van der Waals surface area (Å²) in [6.45, 7) is 6.15. The van der Waals surface area contributed by atoms with Gasteiger partial charge in [-0.2, -0.15) is 8.42 Å². The molecule has 0 radical (unpaired) electrons. The van der Waals surface area contributed by atoms with Gasteiger partial charge in [-0.15, -0.1) is 33.7 Å². The lowest BCUT2D eigenvalue weighted by atomic mass is 10.1. The van der Waals surface area contributed by atoms with E-state index in [9.17, 15) is 8.42 Å². The Balaban J connectivity index is 1.96. The van der Waals surface area contributed by atoms with Crippen molar-refractivity contribution in [2.24, 2.45) is 4.40 Å². The molecule has 0 saturated heterocycles. The van der Waals surface area contributed by atoms with Gasteiger partial charge < -0.3 is 8.98 Å². The molecule has 8 heteroatoms. The van der Waals surface area contributed by atoms with Crippen molar-refractivity contribution in [3.05, 3.63) is 70.4 Å². The minimum atomic E-state index is -3.74. The Morgan fingerprint density at radius 3 is 2.78 bits per heavy atom. The summed E-state index contributed by atoms with van der Waals surface area (Å²) in [6.07, 6.45) is 1.73. The molecule has 0 atom stereocenters. The van der Waals surface area contributed by atoms with Gasteiger partial charge in [-0.1, -0.05) is 30.3 Å². The second kappa shape index (κ2) is 6.95. The van der Waals surface area contributed by atoms with Gasteiger partial charge in [0, 0.05) is 22.9 Å². The van der Waals surface area contributed by atoms with Crippen molar-refractivity contribution in [1.29, 1.82) is 0 Å². The number of nitrogens with zero attached hydrogens (tertiary/aromatic N) is 2. The third-order valence-electron chi connectivity index (χ3n) is 4.08. The minimum absolute atomic E-state index is 0.229. The number of sulfonamides is 1. The zero-order valence-electron chi connectivity index (χ0n) is 14.5. The summed E-state index contributed by atoms with van der Waals surface area (Å²) in [4.78, 5) is 0.406. The molecule has 4 rings (SSSR count). The predicted molar refractivity (Wildman–Crippen MR) is 110 cm³/mol. The number of thiazole rings is 1. The topological polar surface area (TPSA) is 64.6 Å². The van der Waals surface area contributed by atoms with Crippen LogP contribution in [0.25, 0.3) is 22.2 Å². The summed E-state index contributed by atoms with van der Waals surface area (Å²) >= 11 is 2.44. The Hall–Kier alpha value is -2.42. The number of hydrogen-bond acceptors (Lipinski definition) is 5. The third kappa shape index (κ3) is 3.20. The van der Waals surface area contributed by atoms with Crippen LogP contribution in [0.1, 0.15) is 5.76 Å². The van der Waals surface area contributed by atoms with Crippen LogP contribution in [-0.2, 0) is 16.6 Å². The number of allylic oxidation sites excluding steroid dienone is 1. The van der Waals surface area contributed by atoms with E-state index >= 15 is 0 Å². The fraction of sp³-hybridized carbons (Fsp3) is 0.105. The van der Waals surface area contributed by atoms with Gasteiger partial charge in [-0.25, -0.2) is 0 Å². The highest BCUT2D eigenvalue weighted by Gasteiger charge is 2.19. The maximum atomic E-state index is 12.6. The van der Waals surface area contributed by atoms with Gasteiger partial charge in [0.2, 0.25) is 4.80 Å². The van der Waals surface area contributed by atoms with E-state index in [1.807, 2.05) is 41.1 Å². The summed E-state index contributed by atoms with van der Waals surface area (Å²) < 4.78 is 37.2. The number of hydrogen-bond donors (Lipinski definition) is 0. The molecule has 138 valence electrons. The van der Waals surface area contributed by atoms with Crippen LogP contribution in [0.5, 0.6) is 0 Å². The van der Waals surface area contributed by atoms with E-state index < -0.39 is 10.0 Å². The highest BCUT2D eigenvalue weighted by Crippen LogP contribution is 2.34. The Bertz CT molecular complexity index is 1290. The molecule has 1 aromatic carbocycles. The first-order chi connectivity index (χ1) is 13.0. The summed E-state index contributed by atoms with van der Waals surface area (Å²) in [5.74, 6) is 0.777. The Labute approximate surface area is 164 Å². The lowest BCUT2D eigenvalue weighted by Gasteiger charge is -2.06. The molecule has 0 amide bonds. The summed E-state index contributed by atoms with van der Waals surface area (Å²) in [7, 11) is -3.74. The molecule has 0 unspecified atom stereocenters. The lowest BCUT2D eigenvalue weighted by Crippen LogP contribution is -2.17. The van der Waals surface area contributed by atoms with Crippen LogP contribution in [0.4, 0.5) is 0 Å². The SMILES string of the molecule is C=CCn1c(-c2c(C)oc3ccccc23)cs/c1=N\S(=O)(=O)c1cccs1. The van der Waals surface area contributed by atoms with E-state index in [-0.39, 0.29) is 4.21 Å². The molecule has 0 aliphatic carbocycles. The molecular formula is C19H16N2O3S3. The first-order valence-electron chi connectivity index (χ1n) is 8.13. The quantitative estimate of drug-likeness (QED) is 0.439. The predicted octanol–water partition coefficient (Wildman–Crippen LogP) is 4.81. The van der Waals surface area contributed by atoms with Crippen LogP contribution in [0.15, 0.2) is 72.8 Å². The highest BCUT2D eigenvalue weighted by atomic mass is 32.2. The summed E-state index contributed by atoms with van der Waals surface area (Å²) in [5, 5.41) is 4.62. The standard InChI is InChI=1S/C19H16N2O3S3/c1-3-10-21-15(18-13(2)24-16-8-5-4-7-14(16)18)12-26-19(21)20-27(22,23)17-9-6-11-25-17/h3-9,11-12H,1,10H2,2H3/b20-19-. The largest absolute Gasteiger partial charge is 0.461 e. The van der Waals surface area contributed by atoms with Gasteiger partial charge >= 0.3 is 0 Å². The van der Waals surface area contributed by atoms with Crippen LogP contribution in [0, 0.1) is 6.92 Å². The van der Waals surface area contributed by atoms with Crippen LogP contribution in [-0.4, -0.2) is 13.0 Å². The summed E-state index contributed by atoms with van der Waals surface area (Å²) in [5.41, 5.74) is 2.60. The van der Waals surface area contributed by atoms with Crippen LogP contribution >= 0.6 is 22.7 Å². The maximum Gasteiger partial charge on any atom is 0.294 e. The number of fused-ring (bicyclic) bond motifs is 1. The molecule has 3 heterocycles. The molecule has 0 aliphatic heterocycles. The van der Waals surface area contributed by atoms with Crippen LogP contribution in [0.3, 0.4) is 0 Å². The molecule has 0 saturated carbocycles. The van der Waals surface area contributed by atoms with E-state index in [4.69, 9.17) is 4.42 Å². The molecule has 5 nitrogen and oxygen atoms in total. The van der Waals surface area contributed by atoms with E-state index in [2.05, 4.69) is 11.0 Å². The van der Waals surface area contributed by atoms with Crippen LogP contribution < -0.4 is 4.80 Å². The zero-order valence-corrected chi connectivity index (χ0v) is 16.9. The van der Waals surface area contributed by atoms with E-state index in [1.54, 1.807) is 23.6 Å². The molecular weight excluding hydrogens is 400 g/mol. The number of thiophene rings is 1. The molecule has 3 aromatic heterocycles. The molecule has 0 bridgehead atoms. The second-order valence-electron chi connectivity index (χ2n) is 5.83. The van der Waals surface area contributed by atoms with Gasteiger partial charge in [0.05, 0.1) is 5.69 Å². The normalized spacial score (nSPS) is 12.7. The number of para-hydroxylation sites is 1. The van der Waals surface area contributed by atoms with Gasteiger partial charge in [-0.3, -0.25) is 0 Å². The van der Waals surface area contributed by atoms with Gasteiger partial charge in [0.15, 0.2) is 0 Å². The Kier molecular flexibility index (Phi) is 4.63. The fourth-order valence-corrected chi connectivity index (χ4v) is 6.04. The average molecular weight is 417 g/mol. The van der Waals surface area contributed by atoms with Crippen molar-refractivity contribution in [3.63, 3.8) is 0 Å². The number of rotatable bonds is 5. The van der Waals surface area contributed by atoms with Gasteiger partial charge in [0.25, 0.3) is 10.0 Å². The highest BCUT2D eigenvalue weighted by molar-refractivity contribution is 7.92. The van der Waals surface area contributed by atoms with Crippen molar-refractivity contribution >= 4 is 43.7 Å². The molecule has 0 aliphatic rings. The van der Waals surface area contributed by atoms with E-state index in [1.165, 1.54) is 11.3 Å². The number of aryl methyl sites for hydroxylation is 1. The summed E-state index contributed by atoms with van der Waals surface area (Å²) in [6, 6.07) is 11.1. The molecule has 4 aromatic rings. The maximum absolute atomic E-state index is 12.6. The number of aromatic nitrogens is 1. The van der Waals surface area contributed by atoms with Crippen molar-refractivity contribution in [2.45, 2.75) is 17.7 Å². The second-order valence-corrected chi connectivity index (χ2v) is 9.45. The van der Waals surface area contributed by atoms with Crippen molar-refractivity contribution in [1.82, 2.24) is 4.57 Å². The monoisotopic (exact) mass is 416 g/mol. The Morgan fingerprint density at radius 1 is 1.22 bits per heavy atom. The first-order valence-corrected chi connectivity index (χ1v) is 11.3. The smallest absolute Gasteiger partial charge is 0.294 e. The van der Waals surface area contributed by atoms with Crippen molar-refractivity contribution < 1.29 is 12.8 Å². The fourth-order valence-electron chi connectivity index (χ4n) is 2.95. The Morgan fingerprint density at radius 2 is 2.04 bits per heavy atom. The number of furan rings is 1. The number of benzene rings is 1. The molecule has 0 spiro atoms. The van der Waals surface area contributed by atoms with Crippen molar-refractivity contribution in [2.75, 3.05) is 0 Å². The van der Waals surface area contributed by atoms with Crippen LogP contribution in [0.2, 0.25) is 0 Å². The molecule has 0 N–H and O–H groups in total.